The van der Waals surface area contributed by atoms with Crippen LogP contribution in [-0.2, 0) is 9.47 Å². The molecule has 1 aromatic carbocycles. The van der Waals surface area contributed by atoms with Crippen molar-refractivity contribution >= 4 is 0 Å². The molecular weight excluding hydrogens is 233 g/mol. The van der Waals surface area contributed by atoms with Crippen LogP contribution in [0, 0.1) is 5.82 Å². The summed E-state index contributed by atoms with van der Waals surface area (Å²) in [7, 11) is 3.33. The van der Waals surface area contributed by atoms with Crippen LogP contribution in [0.2, 0.25) is 0 Å². The molecule has 1 rings (SSSR count). The van der Waals surface area contributed by atoms with Gasteiger partial charge in [-0.25, -0.2) is 4.39 Å². The van der Waals surface area contributed by atoms with Gasteiger partial charge in [0, 0.05) is 26.8 Å². The molecule has 0 aliphatic heterocycles. The van der Waals surface area contributed by atoms with E-state index in [1.54, 1.807) is 14.2 Å². The van der Waals surface area contributed by atoms with Crippen molar-refractivity contribution in [2.24, 2.45) is 0 Å². The third-order valence-corrected chi connectivity index (χ3v) is 2.96. The van der Waals surface area contributed by atoms with Gasteiger partial charge >= 0.3 is 0 Å². The van der Waals surface area contributed by atoms with Crippen LogP contribution in [0.4, 0.5) is 4.39 Å². The van der Waals surface area contributed by atoms with Gasteiger partial charge in [0.05, 0.1) is 12.7 Å². The number of ether oxygens (including phenoxy) is 2. The number of benzene rings is 1. The van der Waals surface area contributed by atoms with Crippen LogP contribution in [0.5, 0.6) is 0 Å². The van der Waals surface area contributed by atoms with E-state index in [-0.39, 0.29) is 18.0 Å². The lowest BCUT2D eigenvalue weighted by atomic mass is 10.0. The fourth-order valence-electron chi connectivity index (χ4n) is 1.86. The second kappa shape index (κ2) is 8.19. The Morgan fingerprint density at radius 1 is 1.22 bits per heavy atom. The molecule has 0 bridgehead atoms. The summed E-state index contributed by atoms with van der Waals surface area (Å²) < 4.78 is 23.2. The summed E-state index contributed by atoms with van der Waals surface area (Å²) in [5.74, 6) is -0.206. The average molecular weight is 255 g/mol. The van der Waals surface area contributed by atoms with Crippen LogP contribution >= 0.6 is 0 Å². The molecule has 3 nitrogen and oxygen atoms in total. The Hall–Kier alpha value is -0.970. The van der Waals surface area contributed by atoms with Gasteiger partial charge in [-0.1, -0.05) is 19.1 Å². The van der Waals surface area contributed by atoms with Crippen LogP contribution in [0.1, 0.15) is 24.9 Å². The molecule has 0 amide bonds. The summed E-state index contributed by atoms with van der Waals surface area (Å²) in [5, 5.41) is 3.41. The number of hydrogen-bond acceptors (Lipinski definition) is 3. The highest BCUT2D eigenvalue weighted by molar-refractivity contribution is 5.19. The number of methoxy groups -OCH3 is 2. The van der Waals surface area contributed by atoms with Crippen molar-refractivity contribution in [2.75, 3.05) is 27.4 Å². The SMILES string of the molecule is CCC(NCC(COC)OC)c1ccc(F)cc1. The second-order valence-corrected chi connectivity index (χ2v) is 4.23. The first kappa shape index (κ1) is 15.1. The van der Waals surface area contributed by atoms with Gasteiger partial charge in [0.2, 0.25) is 0 Å². The van der Waals surface area contributed by atoms with Crippen molar-refractivity contribution in [3.05, 3.63) is 35.6 Å². The summed E-state index contributed by atoms with van der Waals surface area (Å²) >= 11 is 0. The van der Waals surface area contributed by atoms with Gasteiger partial charge in [-0.3, -0.25) is 0 Å². The molecule has 102 valence electrons. The first-order valence-corrected chi connectivity index (χ1v) is 6.21. The summed E-state index contributed by atoms with van der Waals surface area (Å²) in [6, 6.07) is 6.81. The molecule has 0 fully saturated rings. The molecule has 0 saturated heterocycles. The molecule has 18 heavy (non-hydrogen) atoms. The maximum absolute atomic E-state index is 12.9. The van der Waals surface area contributed by atoms with E-state index in [1.165, 1.54) is 12.1 Å². The molecule has 0 heterocycles. The van der Waals surface area contributed by atoms with Crippen LogP contribution in [-0.4, -0.2) is 33.5 Å². The summed E-state index contributed by atoms with van der Waals surface area (Å²) in [6.07, 6.45) is 0.971. The highest BCUT2D eigenvalue weighted by atomic mass is 19.1. The fraction of sp³-hybridized carbons (Fsp3) is 0.571. The summed E-state index contributed by atoms with van der Waals surface area (Å²) in [6.45, 7) is 3.36. The van der Waals surface area contributed by atoms with Gasteiger partial charge in [-0.15, -0.1) is 0 Å². The minimum Gasteiger partial charge on any atom is -0.382 e. The van der Waals surface area contributed by atoms with Crippen LogP contribution in [0.25, 0.3) is 0 Å². The predicted octanol–water partition coefficient (Wildman–Crippen LogP) is 2.53. The highest BCUT2D eigenvalue weighted by Gasteiger charge is 2.12. The summed E-state index contributed by atoms with van der Waals surface area (Å²) in [4.78, 5) is 0. The Kier molecular flexibility index (Phi) is 6.86. The monoisotopic (exact) mass is 255 g/mol. The number of rotatable bonds is 8. The number of halogens is 1. The smallest absolute Gasteiger partial charge is 0.123 e. The molecule has 2 atom stereocenters. The largest absolute Gasteiger partial charge is 0.382 e. The van der Waals surface area contributed by atoms with Crippen molar-refractivity contribution in [3.63, 3.8) is 0 Å². The van der Waals surface area contributed by atoms with E-state index in [4.69, 9.17) is 9.47 Å². The van der Waals surface area contributed by atoms with E-state index in [9.17, 15) is 4.39 Å². The first-order valence-electron chi connectivity index (χ1n) is 6.21. The summed E-state index contributed by atoms with van der Waals surface area (Å²) in [5.41, 5.74) is 1.09. The van der Waals surface area contributed by atoms with Crippen LogP contribution in [0.3, 0.4) is 0 Å². The molecular formula is C14H22FNO2. The zero-order valence-corrected chi connectivity index (χ0v) is 11.3. The van der Waals surface area contributed by atoms with Gasteiger partial charge < -0.3 is 14.8 Å². The van der Waals surface area contributed by atoms with Crippen LogP contribution < -0.4 is 5.32 Å². The molecule has 0 aliphatic carbocycles. The molecule has 0 radical (unpaired) electrons. The van der Waals surface area contributed by atoms with E-state index in [0.29, 0.717) is 13.2 Å². The van der Waals surface area contributed by atoms with Crippen molar-refractivity contribution in [1.82, 2.24) is 5.32 Å². The van der Waals surface area contributed by atoms with Gasteiger partial charge in [0.25, 0.3) is 0 Å². The van der Waals surface area contributed by atoms with Crippen molar-refractivity contribution < 1.29 is 13.9 Å². The number of hydrogen-bond donors (Lipinski definition) is 1. The molecule has 1 N–H and O–H groups in total. The van der Waals surface area contributed by atoms with Gasteiger partial charge in [-0.2, -0.15) is 0 Å². The van der Waals surface area contributed by atoms with E-state index >= 15 is 0 Å². The van der Waals surface area contributed by atoms with Gasteiger partial charge in [-0.05, 0) is 24.1 Å². The van der Waals surface area contributed by atoms with E-state index in [1.807, 2.05) is 12.1 Å². The first-order chi connectivity index (χ1) is 8.71. The minimum atomic E-state index is -0.206. The second-order valence-electron chi connectivity index (χ2n) is 4.23. The quantitative estimate of drug-likeness (QED) is 0.774. The normalized spacial score (nSPS) is 14.4. The fourth-order valence-corrected chi connectivity index (χ4v) is 1.86. The highest BCUT2D eigenvalue weighted by Crippen LogP contribution is 2.16. The van der Waals surface area contributed by atoms with E-state index < -0.39 is 0 Å². The lowest BCUT2D eigenvalue weighted by molar-refractivity contribution is 0.0272. The molecule has 0 aromatic heterocycles. The third kappa shape index (κ3) is 4.72. The van der Waals surface area contributed by atoms with Gasteiger partial charge in [0.15, 0.2) is 0 Å². The van der Waals surface area contributed by atoms with E-state index in [0.717, 1.165) is 12.0 Å². The Balaban J connectivity index is 2.53. The Morgan fingerprint density at radius 2 is 1.89 bits per heavy atom. The van der Waals surface area contributed by atoms with Crippen molar-refractivity contribution in [1.29, 1.82) is 0 Å². The Bertz CT molecular complexity index is 329. The molecule has 0 spiro atoms. The Labute approximate surface area is 108 Å². The molecule has 1 aromatic rings. The Morgan fingerprint density at radius 3 is 2.39 bits per heavy atom. The van der Waals surface area contributed by atoms with Crippen molar-refractivity contribution in [3.8, 4) is 0 Å². The zero-order valence-electron chi connectivity index (χ0n) is 11.3. The molecule has 0 aliphatic rings. The third-order valence-electron chi connectivity index (χ3n) is 2.96. The standard InChI is InChI=1S/C14H22FNO2/c1-4-14(11-5-7-12(15)8-6-11)16-9-13(18-3)10-17-2/h5-8,13-14,16H,4,9-10H2,1-3H3. The van der Waals surface area contributed by atoms with Crippen molar-refractivity contribution in [2.45, 2.75) is 25.5 Å². The lowest BCUT2D eigenvalue weighted by Crippen LogP contribution is -2.34. The number of nitrogens with one attached hydrogen (secondary N) is 1. The maximum Gasteiger partial charge on any atom is 0.123 e. The van der Waals surface area contributed by atoms with Gasteiger partial charge in [0.1, 0.15) is 5.82 Å². The minimum absolute atomic E-state index is 0.0319. The topological polar surface area (TPSA) is 30.5 Å². The average Bonchev–Trinajstić information content (AvgIpc) is 2.40. The zero-order chi connectivity index (χ0) is 13.4. The lowest BCUT2D eigenvalue weighted by Gasteiger charge is -2.21. The molecule has 4 heteroatoms. The molecule has 2 unspecified atom stereocenters. The predicted molar refractivity (Wildman–Crippen MR) is 70.1 cm³/mol. The van der Waals surface area contributed by atoms with E-state index in [2.05, 4.69) is 12.2 Å². The maximum atomic E-state index is 12.9. The molecule has 0 saturated carbocycles. The van der Waals surface area contributed by atoms with Crippen LogP contribution in [0.15, 0.2) is 24.3 Å².